The molecule has 1 atom stereocenters. The van der Waals surface area contributed by atoms with E-state index in [-0.39, 0.29) is 23.7 Å². The fraction of sp³-hybridized carbons (Fsp3) is 0.227. The van der Waals surface area contributed by atoms with E-state index >= 15 is 0 Å². The maximum Gasteiger partial charge on any atom is 0.333 e. The molecule has 0 saturated heterocycles. The van der Waals surface area contributed by atoms with Crippen LogP contribution in [0.4, 0.5) is 0 Å². The van der Waals surface area contributed by atoms with Crippen LogP contribution in [-0.2, 0) is 24.4 Å². The summed E-state index contributed by atoms with van der Waals surface area (Å²) >= 11 is 0. The normalized spacial score (nSPS) is 12.6. The van der Waals surface area contributed by atoms with Crippen molar-refractivity contribution in [3.8, 4) is 5.75 Å². The number of benzene rings is 3. The molecule has 30 heavy (non-hydrogen) atoms. The minimum absolute atomic E-state index is 0.0218. The lowest BCUT2D eigenvalue weighted by Crippen LogP contribution is -2.29. The van der Waals surface area contributed by atoms with Crippen LogP contribution in [0.1, 0.15) is 6.92 Å². The highest BCUT2D eigenvalue weighted by molar-refractivity contribution is 7.85. The van der Waals surface area contributed by atoms with Gasteiger partial charge in [-0.1, -0.05) is 36.9 Å². The van der Waals surface area contributed by atoms with E-state index in [1.807, 2.05) is 30.3 Å². The predicted molar refractivity (Wildman–Crippen MR) is 113 cm³/mol. The monoisotopic (exact) mass is 430 g/mol. The van der Waals surface area contributed by atoms with Gasteiger partial charge in [0.05, 0.1) is 11.5 Å². The number of rotatable bonds is 8. The lowest BCUT2D eigenvalue weighted by molar-refractivity contribution is -0.148. The third-order valence-corrected chi connectivity index (χ3v) is 5.32. The van der Waals surface area contributed by atoms with E-state index in [1.165, 1.54) is 19.2 Å². The Kier molecular flexibility index (Phi) is 6.40. The van der Waals surface area contributed by atoms with Gasteiger partial charge < -0.3 is 14.2 Å². The number of hydrogen-bond donors (Lipinski definition) is 1. The van der Waals surface area contributed by atoms with Gasteiger partial charge in [-0.2, -0.15) is 8.42 Å². The summed E-state index contributed by atoms with van der Waals surface area (Å²) in [5, 5.41) is 2.88. The van der Waals surface area contributed by atoms with Crippen LogP contribution in [0.15, 0.2) is 65.6 Å². The smallest absolute Gasteiger partial charge is 0.333 e. The fourth-order valence-electron chi connectivity index (χ4n) is 3.05. The summed E-state index contributed by atoms with van der Waals surface area (Å²) in [7, 11) is -2.90. The van der Waals surface area contributed by atoms with Crippen LogP contribution in [0.5, 0.6) is 5.75 Å². The highest BCUT2D eigenvalue weighted by Crippen LogP contribution is 2.36. The Hall–Kier alpha value is -2.94. The van der Waals surface area contributed by atoms with Gasteiger partial charge in [-0.25, -0.2) is 4.79 Å². The van der Waals surface area contributed by atoms with Crippen molar-refractivity contribution in [3.63, 3.8) is 0 Å². The number of carbonyl (C=O) groups is 1. The summed E-state index contributed by atoms with van der Waals surface area (Å²) in [6.07, 6.45) is -0.696. The van der Waals surface area contributed by atoms with Gasteiger partial charge in [-0.15, -0.1) is 0 Å². The summed E-state index contributed by atoms with van der Waals surface area (Å²) in [4.78, 5) is 11.7. The molecular weight excluding hydrogens is 408 g/mol. The molecule has 1 unspecified atom stereocenters. The zero-order valence-corrected chi connectivity index (χ0v) is 17.4. The predicted octanol–water partition coefficient (Wildman–Crippen LogP) is 3.75. The number of fused-ring (bicyclic) bond motifs is 2. The quantitative estimate of drug-likeness (QED) is 0.251. The Morgan fingerprint density at radius 3 is 2.43 bits per heavy atom. The minimum atomic E-state index is -4.38. The number of carbonyl (C=O) groups excluding carboxylic acids is 1. The number of methoxy groups -OCH3 is 1. The van der Waals surface area contributed by atoms with Crippen molar-refractivity contribution in [3.05, 3.63) is 60.7 Å². The van der Waals surface area contributed by atoms with E-state index in [0.29, 0.717) is 11.1 Å². The van der Waals surface area contributed by atoms with Crippen molar-refractivity contribution < 1.29 is 32.0 Å². The first-order valence-electron chi connectivity index (χ1n) is 9.12. The molecule has 0 aliphatic carbocycles. The second kappa shape index (κ2) is 8.83. The molecule has 0 fully saturated rings. The molecular formula is C22H22O7S. The Balaban J connectivity index is 2.06. The second-order valence-corrected chi connectivity index (χ2v) is 8.28. The molecule has 7 nitrogen and oxygen atoms in total. The molecule has 0 bridgehead atoms. The molecule has 0 spiro atoms. The molecule has 1 N–H and O–H groups in total. The first kappa shape index (κ1) is 21.8. The lowest BCUT2D eigenvalue weighted by Gasteiger charge is -2.20. The van der Waals surface area contributed by atoms with Gasteiger partial charge in [-0.05, 0) is 35.9 Å². The topological polar surface area (TPSA) is 99.1 Å². The Morgan fingerprint density at radius 1 is 1.07 bits per heavy atom. The van der Waals surface area contributed by atoms with Gasteiger partial charge in [0.15, 0.2) is 6.10 Å². The van der Waals surface area contributed by atoms with Gasteiger partial charge in [-0.3, -0.25) is 4.55 Å². The summed E-state index contributed by atoms with van der Waals surface area (Å²) in [5.41, 5.74) is 0.254. The van der Waals surface area contributed by atoms with Crippen LogP contribution in [-0.4, -0.2) is 45.4 Å². The molecule has 0 radical (unpaired) electrons. The van der Waals surface area contributed by atoms with E-state index < -0.39 is 22.2 Å². The molecule has 0 aromatic heterocycles. The largest absolute Gasteiger partial charge is 0.488 e. The zero-order valence-electron chi connectivity index (χ0n) is 16.6. The summed E-state index contributed by atoms with van der Waals surface area (Å²) in [5.74, 6) is -0.141. The fourth-order valence-corrected chi connectivity index (χ4v) is 3.55. The summed E-state index contributed by atoms with van der Waals surface area (Å²) < 4.78 is 49.2. The van der Waals surface area contributed by atoms with Crippen molar-refractivity contribution in [2.75, 3.05) is 20.3 Å². The van der Waals surface area contributed by atoms with Crippen LogP contribution >= 0.6 is 0 Å². The minimum Gasteiger partial charge on any atom is -0.488 e. The molecule has 0 aliphatic rings. The molecule has 0 heterocycles. The van der Waals surface area contributed by atoms with Crippen LogP contribution < -0.4 is 4.74 Å². The first-order valence-corrected chi connectivity index (χ1v) is 10.6. The average Bonchev–Trinajstić information content (AvgIpc) is 2.69. The Morgan fingerprint density at radius 2 is 1.77 bits per heavy atom. The number of hydrogen-bond acceptors (Lipinski definition) is 6. The van der Waals surface area contributed by atoms with E-state index in [0.717, 1.165) is 16.2 Å². The van der Waals surface area contributed by atoms with Gasteiger partial charge in [0.25, 0.3) is 10.1 Å². The van der Waals surface area contributed by atoms with Crippen LogP contribution in [0, 0.1) is 0 Å². The van der Waals surface area contributed by atoms with E-state index in [4.69, 9.17) is 14.2 Å². The van der Waals surface area contributed by atoms with Crippen molar-refractivity contribution in [1.82, 2.24) is 0 Å². The van der Waals surface area contributed by atoms with Gasteiger partial charge >= 0.3 is 5.97 Å². The lowest BCUT2D eigenvalue weighted by atomic mass is 10.0. The van der Waals surface area contributed by atoms with Gasteiger partial charge in [0.1, 0.15) is 12.4 Å². The molecule has 0 amide bonds. The molecule has 3 rings (SSSR count). The average molecular weight is 430 g/mol. The molecule has 8 heteroatoms. The Labute approximate surface area is 174 Å². The number of ether oxygens (including phenoxy) is 3. The van der Waals surface area contributed by atoms with Gasteiger partial charge in [0, 0.05) is 23.5 Å². The molecule has 0 aliphatic heterocycles. The summed E-state index contributed by atoms with van der Waals surface area (Å²) in [6, 6.07) is 13.7. The highest BCUT2D eigenvalue weighted by Gasteiger charge is 2.19. The van der Waals surface area contributed by atoms with E-state index in [1.54, 1.807) is 13.0 Å². The standard InChI is InChI=1S/C22H22O7S/c1-14(2)22(23)29-17(12-27-3)13-28-21-19-7-5-4-6-15(19)10-16-8-9-18(11-20(16)21)30(24,25)26/h4-11,17H,1,12-13H2,2-3H3,(H,24,25,26). The van der Waals surface area contributed by atoms with Crippen molar-refractivity contribution in [1.29, 1.82) is 0 Å². The summed E-state index contributed by atoms with van der Waals surface area (Å²) in [6.45, 7) is 5.20. The zero-order chi connectivity index (χ0) is 21.9. The van der Waals surface area contributed by atoms with Crippen LogP contribution in [0.3, 0.4) is 0 Å². The highest BCUT2D eigenvalue weighted by atomic mass is 32.2. The number of esters is 1. The Bertz CT molecular complexity index is 1210. The first-order chi connectivity index (χ1) is 14.2. The second-order valence-electron chi connectivity index (χ2n) is 6.86. The van der Waals surface area contributed by atoms with Crippen molar-refractivity contribution >= 4 is 37.6 Å². The van der Waals surface area contributed by atoms with Gasteiger partial charge in [0.2, 0.25) is 0 Å². The molecule has 158 valence electrons. The molecule has 0 saturated carbocycles. The van der Waals surface area contributed by atoms with Crippen molar-refractivity contribution in [2.45, 2.75) is 17.9 Å². The molecule has 3 aromatic rings. The SMILES string of the molecule is C=C(C)C(=O)OC(COC)COc1c2ccccc2cc2ccc(S(=O)(=O)O)cc12. The maximum atomic E-state index is 11.9. The van der Waals surface area contributed by atoms with Crippen LogP contribution in [0.25, 0.3) is 21.5 Å². The van der Waals surface area contributed by atoms with E-state index in [2.05, 4.69) is 6.58 Å². The van der Waals surface area contributed by atoms with Crippen LogP contribution in [0.2, 0.25) is 0 Å². The third-order valence-electron chi connectivity index (χ3n) is 4.47. The van der Waals surface area contributed by atoms with Crippen molar-refractivity contribution in [2.24, 2.45) is 0 Å². The maximum absolute atomic E-state index is 11.9. The third kappa shape index (κ3) is 4.79. The van der Waals surface area contributed by atoms with E-state index in [9.17, 15) is 17.8 Å². The molecule has 3 aromatic carbocycles.